The van der Waals surface area contributed by atoms with E-state index in [1.807, 2.05) is 13.0 Å². The molecule has 4 N–H and O–H groups in total. The number of aromatic nitrogens is 1. The quantitative estimate of drug-likeness (QED) is 0.902. The number of fused-ring (bicyclic) bond motifs is 1. The molecule has 3 rings (SSSR count). The molecule has 0 aliphatic heterocycles. The summed E-state index contributed by atoms with van der Waals surface area (Å²) in [7, 11) is 1.66. The Balaban J connectivity index is 1.93. The van der Waals surface area contributed by atoms with Gasteiger partial charge >= 0.3 is 0 Å². The Morgan fingerprint density at radius 3 is 2.87 bits per heavy atom. The smallest absolute Gasteiger partial charge is 0.270 e. The molecule has 2 aromatic heterocycles. The fraction of sp³-hybridized carbons (Fsp3) is 0.529. The van der Waals surface area contributed by atoms with Crippen molar-refractivity contribution in [1.82, 2.24) is 5.32 Å². The molecule has 124 valence electrons. The molecule has 0 bridgehead atoms. The predicted molar refractivity (Wildman–Crippen MR) is 92.6 cm³/mol. The van der Waals surface area contributed by atoms with E-state index in [1.54, 1.807) is 7.11 Å². The maximum Gasteiger partial charge on any atom is 0.270 e. The van der Waals surface area contributed by atoms with Gasteiger partial charge in [-0.25, -0.2) is 0 Å². The van der Waals surface area contributed by atoms with E-state index in [4.69, 9.17) is 10.5 Å². The molecule has 23 heavy (non-hydrogen) atoms. The minimum atomic E-state index is -0.0509. The van der Waals surface area contributed by atoms with E-state index in [0.29, 0.717) is 17.2 Å². The average Bonchev–Trinajstić information content (AvgIpc) is 2.85. The molecule has 5 nitrogen and oxygen atoms in total. The molecule has 0 aromatic carbocycles. The first-order valence-corrected chi connectivity index (χ1v) is 8.95. The SMILES string of the molecule is COCc1cc(C)[nH+]c2sc(C(=O)NC3CCCCC3)c(N)c12. The van der Waals surface area contributed by atoms with Crippen LogP contribution in [-0.2, 0) is 11.3 Å². The highest BCUT2D eigenvalue weighted by atomic mass is 32.1. The van der Waals surface area contributed by atoms with Crippen molar-refractivity contribution in [2.24, 2.45) is 0 Å². The summed E-state index contributed by atoms with van der Waals surface area (Å²) in [5.74, 6) is -0.0509. The molecule has 1 aliphatic rings. The first-order chi connectivity index (χ1) is 11.1. The van der Waals surface area contributed by atoms with Crippen LogP contribution in [-0.4, -0.2) is 19.1 Å². The normalized spacial score (nSPS) is 15.9. The van der Waals surface area contributed by atoms with Crippen LogP contribution in [0.1, 0.15) is 53.0 Å². The van der Waals surface area contributed by atoms with E-state index in [9.17, 15) is 4.79 Å². The van der Waals surface area contributed by atoms with E-state index in [0.717, 1.165) is 34.3 Å². The van der Waals surface area contributed by atoms with Gasteiger partial charge in [0.2, 0.25) is 0 Å². The summed E-state index contributed by atoms with van der Waals surface area (Å²) in [5, 5.41) is 4.06. The minimum absolute atomic E-state index is 0.0509. The summed E-state index contributed by atoms with van der Waals surface area (Å²) >= 11 is 1.43. The Kier molecular flexibility index (Phi) is 4.82. The Bertz CT molecular complexity index is 720. The number of aryl methyl sites for hydroxylation is 1. The van der Waals surface area contributed by atoms with Crippen molar-refractivity contribution in [2.75, 3.05) is 12.8 Å². The average molecular weight is 334 g/mol. The summed E-state index contributed by atoms with van der Waals surface area (Å²) in [5.41, 5.74) is 8.91. The van der Waals surface area contributed by atoms with Crippen molar-refractivity contribution in [3.8, 4) is 0 Å². The number of methoxy groups -OCH3 is 1. The summed E-state index contributed by atoms with van der Waals surface area (Å²) in [6.45, 7) is 2.48. The number of nitrogens with two attached hydrogens (primary N) is 1. The molecule has 2 aromatic rings. The van der Waals surface area contributed by atoms with E-state index in [1.165, 1.54) is 30.6 Å². The van der Waals surface area contributed by atoms with Crippen LogP contribution in [0.25, 0.3) is 10.2 Å². The summed E-state index contributed by atoms with van der Waals surface area (Å²) in [6.07, 6.45) is 5.79. The van der Waals surface area contributed by atoms with Crippen LogP contribution in [0.4, 0.5) is 5.69 Å². The van der Waals surface area contributed by atoms with Gasteiger partial charge in [-0.2, -0.15) is 4.98 Å². The van der Waals surface area contributed by atoms with Gasteiger partial charge in [0.25, 0.3) is 10.7 Å². The Morgan fingerprint density at radius 1 is 1.43 bits per heavy atom. The van der Waals surface area contributed by atoms with Gasteiger partial charge in [0.15, 0.2) is 5.69 Å². The lowest BCUT2D eigenvalue weighted by Gasteiger charge is -2.22. The Hall–Kier alpha value is -1.66. The van der Waals surface area contributed by atoms with Crippen molar-refractivity contribution >= 4 is 33.1 Å². The molecule has 1 saturated carbocycles. The zero-order valence-corrected chi connectivity index (χ0v) is 14.5. The standard InChI is InChI=1S/C17H23N3O2S/c1-10-8-11(9-22-2)13-14(18)15(23-17(13)19-10)16(21)20-12-6-4-3-5-7-12/h8,12H,3-7,9,18H2,1-2H3,(H,20,21)/p+1. The van der Waals surface area contributed by atoms with Gasteiger partial charge in [0, 0.05) is 31.7 Å². The summed E-state index contributed by atoms with van der Waals surface area (Å²) in [4.78, 5) is 17.5. The number of nitrogens with one attached hydrogen (secondary N) is 2. The number of carbonyl (C=O) groups excluding carboxylic acids is 1. The number of anilines is 1. The third-order valence-corrected chi connectivity index (χ3v) is 5.53. The third kappa shape index (κ3) is 3.33. The first kappa shape index (κ1) is 16.2. The van der Waals surface area contributed by atoms with E-state index in [-0.39, 0.29) is 11.9 Å². The maximum atomic E-state index is 12.6. The fourth-order valence-corrected chi connectivity index (χ4v) is 4.46. The number of rotatable bonds is 4. The summed E-state index contributed by atoms with van der Waals surface area (Å²) < 4.78 is 5.27. The molecular weight excluding hydrogens is 310 g/mol. The van der Waals surface area contributed by atoms with Crippen molar-refractivity contribution < 1.29 is 14.5 Å². The number of pyridine rings is 1. The zero-order chi connectivity index (χ0) is 16.4. The number of H-pyrrole nitrogens is 1. The number of aromatic amines is 1. The predicted octanol–water partition coefficient (Wildman–Crippen LogP) is 2.81. The van der Waals surface area contributed by atoms with Gasteiger partial charge in [0.05, 0.1) is 17.7 Å². The van der Waals surface area contributed by atoms with Gasteiger partial charge in [-0.1, -0.05) is 30.6 Å². The van der Waals surface area contributed by atoms with Crippen LogP contribution >= 0.6 is 11.3 Å². The summed E-state index contributed by atoms with van der Waals surface area (Å²) in [6, 6.07) is 2.31. The number of ether oxygens (including phenoxy) is 1. The highest BCUT2D eigenvalue weighted by Crippen LogP contribution is 2.34. The van der Waals surface area contributed by atoms with E-state index in [2.05, 4.69) is 10.3 Å². The topological polar surface area (TPSA) is 78.5 Å². The van der Waals surface area contributed by atoms with Crippen LogP contribution in [0.5, 0.6) is 0 Å². The van der Waals surface area contributed by atoms with Crippen LogP contribution in [0.3, 0.4) is 0 Å². The number of carbonyl (C=O) groups is 1. The van der Waals surface area contributed by atoms with Crippen molar-refractivity contribution in [2.45, 2.75) is 51.7 Å². The molecule has 0 unspecified atom stereocenters. The molecule has 0 radical (unpaired) electrons. The highest BCUT2D eigenvalue weighted by molar-refractivity contribution is 7.20. The number of nitrogen functional groups attached to an aromatic ring is 1. The Labute approximate surface area is 140 Å². The second kappa shape index (κ2) is 6.84. The largest absolute Gasteiger partial charge is 0.397 e. The van der Waals surface area contributed by atoms with Gasteiger partial charge < -0.3 is 15.8 Å². The molecular formula is C17H24N3O2S+. The monoisotopic (exact) mass is 334 g/mol. The van der Waals surface area contributed by atoms with Crippen molar-refractivity contribution in [3.05, 3.63) is 22.2 Å². The number of hydrogen-bond donors (Lipinski definition) is 2. The zero-order valence-electron chi connectivity index (χ0n) is 13.7. The molecule has 0 saturated heterocycles. The number of hydrogen-bond acceptors (Lipinski definition) is 4. The number of amides is 1. The molecule has 2 heterocycles. The lowest BCUT2D eigenvalue weighted by atomic mass is 9.95. The molecule has 0 spiro atoms. The second-order valence-corrected chi connectivity index (χ2v) is 7.29. The second-order valence-electron chi connectivity index (χ2n) is 6.27. The first-order valence-electron chi connectivity index (χ1n) is 8.13. The lowest BCUT2D eigenvalue weighted by Crippen LogP contribution is -2.36. The molecule has 0 atom stereocenters. The van der Waals surface area contributed by atoms with Gasteiger partial charge in [-0.15, -0.1) is 0 Å². The van der Waals surface area contributed by atoms with Crippen LogP contribution < -0.4 is 16.0 Å². The van der Waals surface area contributed by atoms with E-state index >= 15 is 0 Å². The Morgan fingerprint density at radius 2 is 2.17 bits per heavy atom. The van der Waals surface area contributed by atoms with Crippen LogP contribution in [0.15, 0.2) is 6.07 Å². The molecule has 1 amide bonds. The van der Waals surface area contributed by atoms with Gasteiger partial charge in [0.1, 0.15) is 4.88 Å². The van der Waals surface area contributed by atoms with E-state index < -0.39 is 0 Å². The van der Waals surface area contributed by atoms with Crippen LogP contribution in [0.2, 0.25) is 0 Å². The molecule has 1 fully saturated rings. The molecule has 6 heteroatoms. The highest BCUT2D eigenvalue weighted by Gasteiger charge is 2.25. The minimum Gasteiger partial charge on any atom is -0.397 e. The third-order valence-electron chi connectivity index (χ3n) is 4.41. The van der Waals surface area contributed by atoms with Crippen LogP contribution in [0, 0.1) is 6.92 Å². The van der Waals surface area contributed by atoms with Gasteiger partial charge in [-0.3, -0.25) is 4.79 Å². The lowest BCUT2D eigenvalue weighted by molar-refractivity contribution is -0.351. The maximum absolute atomic E-state index is 12.6. The van der Waals surface area contributed by atoms with Crippen molar-refractivity contribution in [1.29, 1.82) is 0 Å². The van der Waals surface area contributed by atoms with Gasteiger partial charge in [-0.05, 0) is 12.8 Å². The fourth-order valence-electron chi connectivity index (χ4n) is 3.34. The molecule has 1 aliphatic carbocycles. The van der Waals surface area contributed by atoms with Crippen molar-refractivity contribution in [3.63, 3.8) is 0 Å². The number of thiophene rings is 1.